The van der Waals surface area contributed by atoms with Crippen molar-refractivity contribution in [3.05, 3.63) is 41.9 Å². The zero-order valence-corrected chi connectivity index (χ0v) is 20.5. The molecule has 0 atom stereocenters. The zero-order valence-electron chi connectivity index (χ0n) is 19.8. The van der Waals surface area contributed by atoms with Crippen molar-refractivity contribution in [3.8, 4) is 11.4 Å². The molecule has 34 heavy (non-hydrogen) atoms. The van der Waals surface area contributed by atoms with E-state index in [0.717, 1.165) is 62.2 Å². The van der Waals surface area contributed by atoms with Gasteiger partial charge in [0.25, 0.3) is 0 Å². The number of rotatable bonds is 2. The van der Waals surface area contributed by atoms with Crippen LogP contribution in [0.2, 0.25) is 5.15 Å². The molecule has 0 aliphatic carbocycles. The molecule has 5 heterocycles. The van der Waals surface area contributed by atoms with E-state index < -0.39 is 5.60 Å². The minimum absolute atomic E-state index is 0.128. The number of hydrogen-bond acceptors (Lipinski definition) is 7. The molecule has 3 aromatic heterocycles. The van der Waals surface area contributed by atoms with Gasteiger partial charge in [-0.25, -0.2) is 19.7 Å². The van der Waals surface area contributed by atoms with Gasteiger partial charge in [0.1, 0.15) is 16.9 Å². The van der Waals surface area contributed by atoms with Crippen molar-refractivity contribution in [1.29, 1.82) is 0 Å². The second kappa shape index (κ2) is 8.65. The van der Waals surface area contributed by atoms with Crippen LogP contribution in [0.3, 0.4) is 0 Å². The van der Waals surface area contributed by atoms with Crippen LogP contribution in [0.15, 0.2) is 36.8 Å². The number of pyridine rings is 2. The molecule has 2 aliphatic heterocycles. The second-order valence-electron chi connectivity index (χ2n) is 10.2. The molecular weight excluding hydrogens is 452 g/mol. The topological polar surface area (TPSA) is 84.3 Å². The number of nitrogens with zero attached hydrogens (tertiary/aromatic N) is 6. The third-order valence-corrected chi connectivity index (χ3v) is 6.98. The summed E-state index contributed by atoms with van der Waals surface area (Å²) in [6.07, 6.45) is 7.93. The van der Waals surface area contributed by atoms with E-state index in [0.29, 0.717) is 16.5 Å². The molecule has 9 heteroatoms. The molecule has 3 aromatic rings. The summed E-state index contributed by atoms with van der Waals surface area (Å²) in [7, 11) is 0. The van der Waals surface area contributed by atoms with Crippen LogP contribution < -0.4 is 4.90 Å². The lowest BCUT2D eigenvalue weighted by molar-refractivity contribution is 0.0266. The summed E-state index contributed by atoms with van der Waals surface area (Å²) in [5.41, 5.74) is 1.18. The van der Waals surface area contributed by atoms with Crippen LogP contribution in [-0.2, 0) is 4.74 Å². The molecule has 0 aromatic carbocycles. The summed E-state index contributed by atoms with van der Waals surface area (Å²) in [4.78, 5) is 34.8. The Balaban J connectivity index is 1.38. The van der Waals surface area contributed by atoms with Crippen molar-refractivity contribution >= 4 is 34.4 Å². The van der Waals surface area contributed by atoms with E-state index in [9.17, 15) is 4.79 Å². The van der Waals surface area contributed by atoms with Crippen LogP contribution >= 0.6 is 11.6 Å². The molecule has 0 saturated carbocycles. The lowest BCUT2D eigenvalue weighted by Gasteiger charge is -2.40. The molecule has 1 amide bonds. The Morgan fingerprint density at radius 1 is 1.03 bits per heavy atom. The fourth-order valence-electron chi connectivity index (χ4n) is 4.90. The van der Waals surface area contributed by atoms with Crippen molar-refractivity contribution in [2.45, 2.75) is 45.6 Å². The van der Waals surface area contributed by atoms with Gasteiger partial charge in [-0.1, -0.05) is 11.6 Å². The number of amides is 1. The predicted molar refractivity (Wildman–Crippen MR) is 132 cm³/mol. The smallest absolute Gasteiger partial charge is 0.410 e. The van der Waals surface area contributed by atoms with Crippen LogP contribution in [0.5, 0.6) is 0 Å². The van der Waals surface area contributed by atoms with Crippen LogP contribution in [0.4, 0.5) is 10.6 Å². The molecule has 2 saturated heterocycles. The quantitative estimate of drug-likeness (QED) is 0.479. The van der Waals surface area contributed by atoms with Gasteiger partial charge in [-0.2, -0.15) is 0 Å². The molecule has 0 radical (unpaired) electrons. The highest BCUT2D eigenvalue weighted by Crippen LogP contribution is 2.42. The van der Waals surface area contributed by atoms with Crippen molar-refractivity contribution in [2.75, 3.05) is 31.1 Å². The number of likely N-dealkylation sites (tertiary alicyclic amines) is 1. The number of carbonyl (C=O) groups is 1. The predicted octanol–water partition coefficient (Wildman–Crippen LogP) is 4.97. The average molecular weight is 481 g/mol. The number of aromatic nitrogens is 4. The molecule has 0 unspecified atom stereocenters. The number of ether oxygens (including phenoxy) is 1. The Labute approximate surface area is 204 Å². The summed E-state index contributed by atoms with van der Waals surface area (Å²) in [6.45, 7) is 8.92. The van der Waals surface area contributed by atoms with Crippen molar-refractivity contribution < 1.29 is 9.53 Å². The van der Waals surface area contributed by atoms with Crippen molar-refractivity contribution in [3.63, 3.8) is 0 Å². The van der Waals surface area contributed by atoms with Gasteiger partial charge < -0.3 is 14.5 Å². The maximum absolute atomic E-state index is 12.6. The highest BCUT2D eigenvalue weighted by atomic mass is 35.5. The van der Waals surface area contributed by atoms with Gasteiger partial charge in [-0.15, -0.1) is 0 Å². The molecule has 1 spiro atoms. The van der Waals surface area contributed by atoms with Gasteiger partial charge in [0.15, 0.2) is 11.0 Å². The molecular formula is C25H29ClN6O2. The Bertz CT molecular complexity index is 1210. The Hall–Kier alpha value is -3.00. The number of piperidine rings is 1. The summed E-state index contributed by atoms with van der Waals surface area (Å²) < 4.78 is 5.60. The highest BCUT2D eigenvalue weighted by Gasteiger charge is 2.43. The number of anilines is 1. The Morgan fingerprint density at radius 2 is 1.74 bits per heavy atom. The molecule has 0 N–H and O–H groups in total. The van der Waals surface area contributed by atoms with E-state index in [1.54, 1.807) is 18.6 Å². The lowest BCUT2D eigenvalue weighted by atomic mass is 9.78. The largest absolute Gasteiger partial charge is 0.444 e. The third kappa shape index (κ3) is 4.51. The summed E-state index contributed by atoms with van der Waals surface area (Å²) in [5, 5.41) is 1.27. The summed E-state index contributed by atoms with van der Waals surface area (Å²) in [6, 6.07) is 5.71. The summed E-state index contributed by atoms with van der Waals surface area (Å²) in [5.74, 6) is 1.48. The summed E-state index contributed by atoms with van der Waals surface area (Å²) >= 11 is 6.44. The monoisotopic (exact) mass is 480 g/mol. The number of carbonyl (C=O) groups excluding carboxylic acids is 1. The van der Waals surface area contributed by atoms with Crippen LogP contribution in [0, 0.1) is 5.41 Å². The second-order valence-corrected chi connectivity index (χ2v) is 10.6. The van der Waals surface area contributed by atoms with Gasteiger partial charge in [-0.3, -0.25) is 4.98 Å². The number of halogens is 1. The lowest BCUT2D eigenvalue weighted by Crippen LogP contribution is -2.43. The van der Waals surface area contributed by atoms with E-state index in [4.69, 9.17) is 26.3 Å². The van der Waals surface area contributed by atoms with Gasteiger partial charge in [0.05, 0.1) is 0 Å². The van der Waals surface area contributed by atoms with Crippen LogP contribution in [-0.4, -0.2) is 62.7 Å². The van der Waals surface area contributed by atoms with Crippen molar-refractivity contribution in [2.24, 2.45) is 5.41 Å². The van der Waals surface area contributed by atoms with Crippen molar-refractivity contribution in [1.82, 2.24) is 24.8 Å². The first-order valence-electron chi connectivity index (χ1n) is 11.7. The molecule has 2 fully saturated rings. The fraction of sp³-hybridized carbons (Fsp3) is 0.480. The molecule has 0 bridgehead atoms. The standard InChI is InChI=1S/C25H29ClN6O2/c1-24(2,3)34-23(33)32-15-9-25(16-32)7-13-31(14-8-25)22-18-6-12-28-20(26)19(18)29-21(30-22)17-4-10-27-11-5-17/h4-6,10-12H,7-9,13-16H2,1-3H3. The van der Waals surface area contributed by atoms with E-state index in [-0.39, 0.29) is 11.5 Å². The fourth-order valence-corrected chi connectivity index (χ4v) is 5.10. The Morgan fingerprint density at radius 3 is 2.44 bits per heavy atom. The van der Waals surface area contributed by atoms with Crippen LogP contribution in [0.1, 0.15) is 40.0 Å². The van der Waals surface area contributed by atoms with E-state index in [1.807, 2.05) is 43.9 Å². The van der Waals surface area contributed by atoms with Gasteiger partial charge in [0.2, 0.25) is 0 Å². The SMILES string of the molecule is CC(C)(C)OC(=O)N1CCC2(CCN(c3nc(-c4ccncc4)nc4c(Cl)nccc34)CC2)C1. The van der Waals surface area contributed by atoms with Gasteiger partial charge in [0, 0.05) is 55.7 Å². The third-order valence-electron chi connectivity index (χ3n) is 6.70. The molecule has 178 valence electrons. The normalized spacial score (nSPS) is 18.0. The molecule has 5 rings (SSSR count). The minimum Gasteiger partial charge on any atom is -0.444 e. The maximum atomic E-state index is 12.6. The first-order chi connectivity index (χ1) is 16.2. The number of hydrogen-bond donors (Lipinski definition) is 0. The minimum atomic E-state index is -0.479. The van der Waals surface area contributed by atoms with E-state index in [1.165, 1.54) is 0 Å². The zero-order chi connectivity index (χ0) is 23.9. The first-order valence-corrected chi connectivity index (χ1v) is 12.1. The van der Waals surface area contributed by atoms with E-state index >= 15 is 0 Å². The first kappa shape index (κ1) is 22.8. The average Bonchev–Trinajstić information content (AvgIpc) is 3.23. The highest BCUT2D eigenvalue weighted by molar-refractivity contribution is 6.34. The molecule has 8 nitrogen and oxygen atoms in total. The number of fused-ring (bicyclic) bond motifs is 1. The van der Waals surface area contributed by atoms with Gasteiger partial charge >= 0.3 is 6.09 Å². The van der Waals surface area contributed by atoms with Gasteiger partial charge in [-0.05, 0) is 63.6 Å². The Kier molecular flexibility index (Phi) is 5.80. The van der Waals surface area contributed by atoms with Crippen LogP contribution in [0.25, 0.3) is 22.3 Å². The molecule has 2 aliphatic rings. The maximum Gasteiger partial charge on any atom is 0.410 e. The van der Waals surface area contributed by atoms with E-state index in [2.05, 4.69) is 14.9 Å².